The van der Waals surface area contributed by atoms with E-state index >= 15 is 0 Å². The molecule has 0 unspecified atom stereocenters. The van der Waals surface area contributed by atoms with Gasteiger partial charge in [-0.1, -0.05) is 28.1 Å². The number of carbonyl (C=O) groups excluding carboxylic acids is 1. The lowest BCUT2D eigenvalue weighted by molar-refractivity contribution is -0.111. The number of nitrogens with one attached hydrogen (secondary N) is 1. The molecule has 1 N–H and O–H groups in total. The molecule has 1 heterocycles. The largest absolute Gasteiger partial charge is 0.496 e. The van der Waals surface area contributed by atoms with Crippen molar-refractivity contribution >= 4 is 43.6 Å². The number of hydrogen-bond acceptors (Lipinski definition) is 6. The van der Waals surface area contributed by atoms with E-state index in [1.165, 1.54) is 22.5 Å². The molecule has 0 aliphatic carbocycles. The first kappa shape index (κ1) is 26.9. The van der Waals surface area contributed by atoms with Crippen LogP contribution in [0, 0.1) is 0 Å². The van der Waals surface area contributed by atoms with Crippen LogP contribution in [0.5, 0.6) is 11.5 Å². The van der Waals surface area contributed by atoms with Crippen LogP contribution < -0.4 is 14.8 Å². The number of hydrogen-bond donors (Lipinski definition) is 1. The lowest BCUT2D eigenvalue weighted by Gasteiger charge is -2.26. The molecule has 0 aromatic heterocycles. The van der Waals surface area contributed by atoms with Gasteiger partial charge in [-0.2, -0.15) is 4.31 Å². The van der Waals surface area contributed by atoms with Crippen LogP contribution in [0.4, 0.5) is 5.69 Å². The topological polar surface area (TPSA) is 94.2 Å². The molecule has 1 amide bonds. The van der Waals surface area contributed by atoms with Gasteiger partial charge in [0.2, 0.25) is 15.9 Å². The number of halogens is 1. The molecule has 1 fully saturated rings. The Morgan fingerprint density at radius 1 is 1.08 bits per heavy atom. The molecule has 0 spiro atoms. The van der Waals surface area contributed by atoms with Crippen LogP contribution in [0.2, 0.25) is 0 Å². The minimum Gasteiger partial charge on any atom is -0.496 e. The van der Waals surface area contributed by atoms with Gasteiger partial charge in [0.25, 0.3) is 0 Å². The summed E-state index contributed by atoms with van der Waals surface area (Å²) in [5.41, 5.74) is 2.00. The van der Waals surface area contributed by atoms with Crippen LogP contribution in [0.15, 0.2) is 82.2 Å². The summed E-state index contributed by atoms with van der Waals surface area (Å²) in [5, 5.41) is 2.73. The first-order valence-electron chi connectivity index (χ1n) is 11.6. The lowest BCUT2D eigenvalue weighted by atomic mass is 10.1. The monoisotopic (exact) mass is 586 g/mol. The zero-order chi connectivity index (χ0) is 26.3. The number of carbonyl (C=O) groups is 1. The third-order valence-corrected chi connectivity index (χ3v) is 8.07. The average Bonchev–Trinajstić information content (AvgIpc) is 2.92. The Hall–Kier alpha value is -3.18. The molecule has 3 aromatic rings. The maximum absolute atomic E-state index is 12.9. The number of anilines is 1. The normalized spacial score (nSPS) is 14.4. The van der Waals surface area contributed by atoms with E-state index in [2.05, 4.69) is 21.2 Å². The van der Waals surface area contributed by atoms with Gasteiger partial charge in [-0.05, 0) is 66.2 Å². The summed E-state index contributed by atoms with van der Waals surface area (Å²) >= 11 is 3.40. The molecule has 1 saturated heterocycles. The zero-order valence-corrected chi connectivity index (χ0v) is 22.6. The Labute approximate surface area is 225 Å². The molecule has 0 bridgehead atoms. The number of benzene rings is 3. The lowest BCUT2D eigenvalue weighted by Crippen LogP contribution is -2.40. The van der Waals surface area contributed by atoms with Gasteiger partial charge < -0.3 is 19.5 Å². The molecule has 8 nitrogen and oxygen atoms in total. The molecular formula is C27H27BrN2O6S. The fourth-order valence-corrected chi connectivity index (χ4v) is 5.45. The third-order valence-electron chi connectivity index (χ3n) is 5.65. The van der Waals surface area contributed by atoms with Crippen molar-refractivity contribution in [3.05, 3.63) is 88.4 Å². The fourth-order valence-electron chi connectivity index (χ4n) is 3.73. The Morgan fingerprint density at radius 3 is 2.57 bits per heavy atom. The Balaban J connectivity index is 1.41. The van der Waals surface area contributed by atoms with Crippen molar-refractivity contribution in [2.45, 2.75) is 11.5 Å². The molecule has 1 aliphatic rings. The highest BCUT2D eigenvalue weighted by atomic mass is 79.9. The quantitative estimate of drug-likeness (QED) is 0.365. The second kappa shape index (κ2) is 12.4. The van der Waals surface area contributed by atoms with E-state index in [9.17, 15) is 13.2 Å². The van der Waals surface area contributed by atoms with Gasteiger partial charge in [0.15, 0.2) is 0 Å². The van der Waals surface area contributed by atoms with Crippen molar-refractivity contribution in [2.24, 2.45) is 0 Å². The predicted molar refractivity (Wildman–Crippen MR) is 145 cm³/mol. The first-order valence-corrected chi connectivity index (χ1v) is 13.8. The van der Waals surface area contributed by atoms with E-state index in [-0.39, 0.29) is 10.8 Å². The van der Waals surface area contributed by atoms with Crippen LogP contribution in [0.25, 0.3) is 6.08 Å². The van der Waals surface area contributed by atoms with Crippen LogP contribution >= 0.6 is 15.9 Å². The average molecular weight is 587 g/mol. The molecule has 3 aromatic carbocycles. The Kier molecular flexibility index (Phi) is 8.99. The van der Waals surface area contributed by atoms with Crippen molar-refractivity contribution in [2.75, 3.05) is 38.7 Å². The molecule has 0 atom stereocenters. The molecular weight excluding hydrogens is 560 g/mol. The zero-order valence-electron chi connectivity index (χ0n) is 20.2. The van der Waals surface area contributed by atoms with E-state index in [0.717, 1.165) is 21.3 Å². The number of ether oxygens (including phenoxy) is 3. The highest BCUT2D eigenvalue weighted by Crippen LogP contribution is 2.24. The summed E-state index contributed by atoms with van der Waals surface area (Å²) in [6, 6.07) is 19.3. The van der Waals surface area contributed by atoms with Crippen molar-refractivity contribution < 1.29 is 27.4 Å². The number of amides is 1. The smallest absolute Gasteiger partial charge is 0.248 e. The summed E-state index contributed by atoms with van der Waals surface area (Å²) in [7, 11) is -2.06. The number of nitrogens with zero attached hydrogens (tertiary/aromatic N) is 1. The highest BCUT2D eigenvalue weighted by Gasteiger charge is 2.26. The molecule has 0 saturated carbocycles. The molecule has 4 rings (SSSR count). The van der Waals surface area contributed by atoms with E-state index in [1.807, 2.05) is 42.5 Å². The van der Waals surface area contributed by atoms with E-state index in [4.69, 9.17) is 14.2 Å². The van der Waals surface area contributed by atoms with E-state index in [1.54, 1.807) is 25.3 Å². The minimum atomic E-state index is -3.66. The van der Waals surface area contributed by atoms with Gasteiger partial charge in [-0.3, -0.25) is 4.79 Å². The molecule has 194 valence electrons. The predicted octanol–water partition coefficient (Wildman–Crippen LogP) is 4.71. The molecule has 37 heavy (non-hydrogen) atoms. The standard InChI is InChI=1S/C27H27BrN2O6S/c1-34-26-11-5-20(17-21(26)19-36-24-9-7-22(28)8-10-24)6-12-27(31)29-23-3-2-4-25(18-23)37(32,33)30-13-15-35-16-14-30/h2-12,17-18H,13-16,19H2,1H3,(H,29,31)/b12-6-. The van der Waals surface area contributed by atoms with Gasteiger partial charge in [0.1, 0.15) is 18.1 Å². The van der Waals surface area contributed by atoms with Gasteiger partial charge in [0.05, 0.1) is 25.2 Å². The molecule has 10 heteroatoms. The first-order chi connectivity index (χ1) is 17.8. The number of methoxy groups -OCH3 is 1. The molecule has 0 radical (unpaired) electrons. The molecule has 1 aliphatic heterocycles. The van der Waals surface area contributed by atoms with Crippen LogP contribution in [-0.4, -0.2) is 52.0 Å². The van der Waals surface area contributed by atoms with Crippen LogP contribution in [-0.2, 0) is 26.2 Å². The maximum atomic E-state index is 12.9. The summed E-state index contributed by atoms with van der Waals surface area (Å²) in [6.45, 7) is 1.64. The fraction of sp³-hybridized carbons (Fsp3) is 0.222. The van der Waals surface area contributed by atoms with Gasteiger partial charge in [0, 0.05) is 34.9 Å². The third kappa shape index (κ3) is 7.20. The van der Waals surface area contributed by atoms with Gasteiger partial charge >= 0.3 is 0 Å². The second-order valence-corrected chi connectivity index (χ2v) is 11.0. The Morgan fingerprint density at radius 2 is 1.84 bits per heavy atom. The van der Waals surface area contributed by atoms with Crippen LogP contribution in [0.1, 0.15) is 11.1 Å². The van der Waals surface area contributed by atoms with E-state index in [0.29, 0.717) is 44.3 Å². The minimum absolute atomic E-state index is 0.127. The van der Waals surface area contributed by atoms with Gasteiger partial charge in [-0.25, -0.2) is 8.42 Å². The van der Waals surface area contributed by atoms with Crippen LogP contribution in [0.3, 0.4) is 0 Å². The Bertz CT molecular complexity index is 1370. The van der Waals surface area contributed by atoms with Gasteiger partial charge in [-0.15, -0.1) is 0 Å². The van der Waals surface area contributed by atoms with Crippen molar-refractivity contribution in [1.29, 1.82) is 0 Å². The number of morpholine rings is 1. The number of sulfonamides is 1. The summed E-state index contributed by atoms with van der Waals surface area (Å²) in [4.78, 5) is 12.7. The summed E-state index contributed by atoms with van der Waals surface area (Å²) < 4.78 is 44.7. The maximum Gasteiger partial charge on any atom is 0.248 e. The highest BCUT2D eigenvalue weighted by molar-refractivity contribution is 9.10. The van der Waals surface area contributed by atoms with Crippen molar-refractivity contribution in [1.82, 2.24) is 4.31 Å². The number of rotatable bonds is 9. The second-order valence-electron chi connectivity index (χ2n) is 8.18. The van der Waals surface area contributed by atoms with Crippen molar-refractivity contribution in [3.8, 4) is 11.5 Å². The van der Waals surface area contributed by atoms with E-state index < -0.39 is 10.0 Å². The summed E-state index contributed by atoms with van der Waals surface area (Å²) in [6.07, 6.45) is 3.07. The SMILES string of the molecule is COc1ccc(/C=C\C(=O)Nc2cccc(S(=O)(=O)N3CCOCC3)c2)cc1COc1ccc(Br)cc1. The van der Waals surface area contributed by atoms with Crippen molar-refractivity contribution in [3.63, 3.8) is 0 Å². The summed E-state index contributed by atoms with van der Waals surface area (Å²) in [5.74, 6) is 1.02.